The van der Waals surface area contributed by atoms with Gasteiger partial charge < -0.3 is 14.9 Å². The molecule has 0 spiro atoms. The molecular formula is C26H42O5. The average Bonchev–Trinajstić information content (AvgIpc) is 2.66. The highest BCUT2D eigenvalue weighted by molar-refractivity contribution is 5.76. The molecule has 0 saturated heterocycles. The lowest BCUT2D eigenvalue weighted by Gasteiger charge is -2.44. The Morgan fingerprint density at radius 2 is 1.90 bits per heavy atom. The van der Waals surface area contributed by atoms with Crippen LogP contribution in [0.1, 0.15) is 80.1 Å². The van der Waals surface area contributed by atoms with Crippen LogP contribution in [0, 0.1) is 29.1 Å². The van der Waals surface area contributed by atoms with Crippen LogP contribution in [0.5, 0.6) is 0 Å². The lowest BCUT2D eigenvalue weighted by molar-refractivity contribution is -0.164. The molecule has 176 valence electrons. The molecule has 2 aliphatic rings. The monoisotopic (exact) mass is 434 g/mol. The van der Waals surface area contributed by atoms with Gasteiger partial charge in [0.05, 0.1) is 17.6 Å². The Morgan fingerprint density at radius 3 is 2.52 bits per heavy atom. The molecule has 0 amide bonds. The molecule has 0 aliphatic heterocycles. The molecule has 0 aromatic rings. The fourth-order valence-corrected chi connectivity index (χ4v) is 4.89. The van der Waals surface area contributed by atoms with Gasteiger partial charge in [0.2, 0.25) is 0 Å². The summed E-state index contributed by atoms with van der Waals surface area (Å²) >= 11 is 0. The molecule has 2 rings (SSSR count). The fraction of sp³-hybridized carbons (Fsp3) is 0.769. The first-order valence-corrected chi connectivity index (χ1v) is 11.9. The quantitative estimate of drug-likeness (QED) is 0.491. The standard InChI is InChI=1S/C26H42O5/c1-7-26(5,6)25(30)31-23-13-16(2)12-19-9-8-17(3)22(24(19)23)11-10-20(28)15-21(29)14-18(4)27/h8-9,12,16-17,20-24,28-29H,7,10-11,13-15H2,1-6H3. The molecule has 7 unspecified atom stereocenters. The van der Waals surface area contributed by atoms with Crippen LogP contribution >= 0.6 is 0 Å². The SMILES string of the molecule is CCC(C)(C)C(=O)OC1CC(C)C=C2C=CC(C)C(CCC(O)CC(O)CC(C)=O)C21. The normalized spacial score (nSPS) is 30.2. The molecule has 5 heteroatoms. The van der Waals surface area contributed by atoms with Gasteiger partial charge in [0.1, 0.15) is 11.9 Å². The zero-order valence-corrected chi connectivity index (χ0v) is 20.1. The van der Waals surface area contributed by atoms with E-state index >= 15 is 0 Å². The minimum Gasteiger partial charge on any atom is -0.461 e. The molecule has 0 radical (unpaired) electrons. The second-order valence-electron chi connectivity index (χ2n) is 10.5. The maximum Gasteiger partial charge on any atom is 0.311 e. The summed E-state index contributed by atoms with van der Waals surface area (Å²) in [6.07, 6.45) is 8.26. The van der Waals surface area contributed by atoms with Crippen LogP contribution in [-0.2, 0) is 14.3 Å². The van der Waals surface area contributed by atoms with Crippen molar-refractivity contribution in [2.75, 3.05) is 0 Å². The molecule has 0 saturated carbocycles. The van der Waals surface area contributed by atoms with Gasteiger partial charge in [-0.25, -0.2) is 0 Å². The van der Waals surface area contributed by atoms with Crippen molar-refractivity contribution < 1.29 is 24.5 Å². The summed E-state index contributed by atoms with van der Waals surface area (Å²) in [5.41, 5.74) is 0.735. The number of carbonyl (C=O) groups is 2. The highest BCUT2D eigenvalue weighted by atomic mass is 16.5. The molecule has 2 aliphatic carbocycles. The first kappa shape index (κ1) is 25.8. The van der Waals surface area contributed by atoms with Gasteiger partial charge in [-0.3, -0.25) is 9.59 Å². The van der Waals surface area contributed by atoms with E-state index < -0.39 is 17.6 Å². The van der Waals surface area contributed by atoms with Crippen LogP contribution in [0.25, 0.3) is 0 Å². The molecule has 0 aromatic carbocycles. The van der Waals surface area contributed by atoms with E-state index in [1.165, 1.54) is 12.5 Å². The number of fused-ring (bicyclic) bond motifs is 1. The van der Waals surface area contributed by atoms with Gasteiger partial charge >= 0.3 is 5.97 Å². The van der Waals surface area contributed by atoms with E-state index in [-0.39, 0.29) is 42.5 Å². The number of aliphatic hydroxyl groups is 2. The average molecular weight is 435 g/mol. The summed E-state index contributed by atoms with van der Waals surface area (Å²) in [6.45, 7) is 11.7. The van der Waals surface area contributed by atoms with Gasteiger partial charge in [0.15, 0.2) is 0 Å². The third-order valence-electron chi connectivity index (χ3n) is 7.19. The molecule has 0 bridgehead atoms. The predicted molar refractivity (Wildman–Crippen MR) is 122 cm³/mol. The van der Waals surface area contributed by atoms with Crippen molar-refractivity contribution in [2.24, 2.45) is 29.1 Å². The van der Waals surface area contributed by atoms with E-state index in [0.29, 0.717) is 18.3 Å². The van der Waals surface area contributed by atoms with Crippen molar-refractivity contribution >= 4 is 11.8 Å². The Kier molecular flexibility index (Phi) is 9.08. The number of rotatable bonds is 10. The maximum absolute atomic E-state index is 12.9. The topological polar surface area (TPSA) is 83.8 Å². The van der Waals surface area contributed by atoms with Gasteiger partial charge in [-0.05, 0) is 76.2 Å². The molecule has 0 aromatic heterocycles. The van der Waals surface area contributed by atoms with Crippen molar-refractivity contribution in [1.82, 2.24) is 0 Å². The fourth-order valence-electron chi connectivity index (χ4n) is 4.89. The zero-order valence-electron chi connectivity index (χ0n) is 20.1. The number of esters is 1. The Balaban J connectivity index is 2.12. The Morgan fingerprint density at radius 1 is 1.23 bits per heavy atom. The van der Waals surface area contributed by atoms with Crippen molar-refractivity contribution in [3.8, 4) is 0 Å². The maximum atomic E-state index is 12.9. The molecule has 5 nitrogen and oxygen atoms in total. The van der Waals surface area contributed by atoms with Crippen LogP contribution < -0.4 is 0 Å². The van der Waals surface area contributed by atoms with Crippen LogP contribution in [0.15, 0.2) is 23.8 Å². The van der Waals surface area contributed by atoms with Crippen LogP contribution in [0.3, 0.4) is 0 Å². The molecular weight excluding hydrogens is 392 g/mol. The molecule has 0 fully saturated rings. The van der Waals surface area contributed by atoms with E-state index in [4.69, 9.17) is 4.74 Å². The summed E-state index contributed by atoms with van der Waals surface area (Å²) < 4.78 is 6.13. The number of hydrogen-bond acceptors (Lipinski definition) is 5. The van der Waals surface area contributed by atoms with Crippen molar-refractivity contribution in [3.63, 3.8) is 0 Å². The third-order valence-corrected chi connectivity index (χ3v) is 7.19. The summed E-state index contributed by atoms with van der Waals surface area (Å²) in [7, 11) is 0. The van der Waals surface area contributed by atoms with Crippen LogP contribution in [0.2, 0.25) is 0 Å². The number of ketones is 1. The summed E-state index contributed by atoms with van der Waals surface area (Å²) in [6, 6.07) is 0. The largest absolute Gasteiger partial charge is 0.461 e. The molecule has 31 heavy (non-hydrogen) atoms. The summed E-state index contributed by atoms with van der Waals surface area (Å²) in [5, 5.41) is 20.4. The second kappa shape index (κ2) is 10.9. The molecule has 2 N–H and O–H groups in total. The number of ether oxygens (including phenoxy) is 1. The number of allylic oxidation sites excluding steroid dienone is 3. The smallest absolute Gasteiger partial charge is 0.311 e. The number of aliphatic hydroxyl groups excluding tert-OH is 2. The van der Waals surface area contributed by atoms with Gasteiger partial charge in [-0.1, -0.05) is 39.0 Å². The van der Waals surface area contributed by atoms with Crippen LogP contribution in [-0.4, -0.2) is 40.3 Å². The molecule has 7 atom stereocenters. The lowest BCUT2D eigenvalue weighted by atomic mass is 9.65. The van der Waals surface area contributed by atoms with Gasteiger partial charge in [0.25, 0.3) is 0 Å². The molecule has 0 heterocycles. The Bertz CT molecular complexity index is 692. The number of carbonyl (C=O) groups excluding carboxylic acids is 2. The van der Waals surface area contributed by atoms with E-state index in [1.807, 2.05) is 20.8 Å². The first-order chi connectivity index (χ1) is 14.4. The van der Waals surface area contributed by atoms with E-state index in [9.17, 15) is 19.8 Å². The second-order valence-corrected chi connectivity index (χ2v) is 10.5. The van der Waals surface area contributed by atoms with Crippen LogP contribution in [0.4, 0.5) is 0 Å². The summed E-state index contributed by atoms with van der Waals surface area (Å²) in [5.74, 6) is 0.830. The minimum absolute atomic E-state index is 0.0727. The van der Waals surface area contributed by atoms with Gasteiger partial charge in [-0.15, -0.1) is 0 Å². The predicted octanol–water partition coefficient (Wildman–Crippen LogP) is 4.61. The first-order valence-electron chi connectivity index (χ1n) is 11.9. The minimum atomic E-state index is -0.799. The Hall–Kier alpha value is -1.46. The third kappa shape index (κ3) is 7.01. The summed E-state index contributed by atoms with van der Waals surface area (Å²) in [4.78, 5) is 24.0. The highest BCUT2D eigenvalue weighted by Gasteiger charge is 2.42. The lowest BCUT2D eigenvalue weighted by Crippen LogP contribution is -2.43. The Labute approximate surface area is 187 Å². The van der Waals surface area contributed by atoms with Crippen molar-refractivity contribution in [2.45, 2.75) is 98.4 Å². The van der Waals surface area contributed by atoms with Crippen molar-refractivity contribution in [1.29, 1.82) is 0 Å². The zero-order chi connectivity index (χ0) is 23.3. The van der Waals surface area contributed by atoms with E-state index in [0.717, 1.165) is 19.3 Å². The van der Waals surface area contributed by atoms with Gasteiger partial charge in [-0.2, -0.15) is 0 Å². The van der Waals surface area contributed by atoms with Crippen molar-refractivity contribution in [3.05, 3.63) is 23.8 Å². The number of hydrogen-bond donors (Lipinski definition) is 2. The van der Waals surface area contributed by atoms with E-state index in [2.05, 4.69) is 32.1 Å². The number of Topliss-reactive ketones (excluding diaryl/α,β-unsaturated/α-hetero) is 1. The highest BCUT2D eigenvalue weighted by Crippen LogP contribution is 2.45. The van der Waals surface area contributed by atoms with E-state index in [1.54, 1.807) is 0 Å². The van der Waals surface area contributed by atoms with Gasteiger partial charge in [0, 0.05) is 12.3 Å².